The van der Waals surface area contributed by atoms with Crippen molar-refractivity contribution in [1.29, 1.82) is 0 Å². The number of ether oxygens (including phenoxy) is 1. The standard InChI is InChI=1S/C27H25F4N7O4/c1-15-21(14-34-38(15)7-8-41-16(2)39)35-25-32-12-19(13-33-25)17-3-4-18(20(28)9-17)10-24(40)36-23-11-22(42-37-23)26(5-6-26)27(29,30)31/h3-4,9,11-14H,5-8,10H2,1-2H3,(H,32,33,35)(H,36,37,40). The van der Waals surface area contributed by atoms with Crippen LogP contribution in [-0.2, 0) is 32.7 Å². The summed E-state index contributed by atoms with van der Waals surface area (Å²) in [5, 5.41) is 13.2. The molecule has 5 rings (SSSR count). The number of hydrogen-bond acceptors (Lipinski definition) is 9. The molecule has 0 atom stereocenters. The first-order chi connectivity index (χ1) is 19.9. The molecule has 0 radical (unpaired) electrons. The Morgan fingerprint density at radius 2 is 1.86 bits per heavy atom. The minimum absolute atomic E-state index is 0.0781. The highest BCUT2D eigenvalue weighted by molar-refractivity contribution is 5.91. The first-order valence-electron chi connectivity index (χ1n) is 12.8. The maximum absolute atomic E-state index is 14.9. The molecule has 4 aromatic rings. The van der Waals surface area contributed by atoms with E-state index in [-0.39, 0.29) is 54.9 Å². The number of halogens is 4. The molecule has 42 heavy (non-hydrogen) atoms. The number of nitrogens with zero attached hydrogens (tertiary/aromatic N) is 5. The van der Waals surface area contributed by atoms with E-state index >= 15 is 0 Å². The Hall–Kier alpha value is -4.82. The van der Waals surface area contributed by atoms with E-state index < -0.39 is 23.3 Å². The van der Waals surface area contributed by atoms with Crippen LogP contribution in [0.25, 0.3) is 11.1 Å². The van der Waals surface area contributed by atoms with E-state index in [1.54, 1.807) is 16.9 Å². The van der Waals surface area contributed by atoms with Gasteiger partial charge in [0.25, 0.3) is 0 Å². The highest BCUT2D eigenvalue weighted by Crippen LogP contribution is 2.59. The molecule has 1 fully saturated rings. The third kappa shape index (κ3) is 6.09. The number of aromatic nitrogens is 5. The van der Waals surface area contributed by atoms with Crippen LogP contribution in [0.1, 0.15) is 36.8 Å². The zero-order valence-electron chi connectivity index (χ0n) is 22.5. The lowest BCUT2D eigenvalue weighted by Crippen LogP contribution is -2.28. The fraction of sp³-hybridized carbons (Fsp3) is 0.333. The van der Waals surface area contributed by atoms with Crippen LogP contribution in [-0.4, -0.2) is 49.6 Å². The van der Waals surface area contributed by atoms with Crippen molar-refractivity contribution in [3.63, 3.8) is 0 Å². The maximum atomic E-state index is 14.9. The number of hydrogen-bond donors (Lipinski definition) is 2. The van der Waals surface area contributed by atoms with Gasteiger partial charge in [-0.15, -0.1) is 0 Å². The van der Waals surface area contributed by atoms with E-state index in [1.807, 2.05) is 6.92 Å². The van der Waals surface area contributed by atoms with Gasteiger partial charge in [0.05, 0.1) is 30.5 Å². The monoisotopic (exact) mass is 587 g/mol. The van der Waals surface area contributed by atoms with Crippen LogP contribution in [0, 0.1) is 12.7 Å². The minimum atomic E-state index is -4.47. The summed E-state index contributed by atoms with van der Waals surface area (Å²) in [4.78, 5) is 31.9. The van der Waals surface area contributed by atoms with Crippen LogP contribution in [0.2, 0.25) is 0 Å². The van der Waals surface area contributed by atoms with Crippen LogP contribution in [0.4, 0.5) is 35.0 Å². The van der Waals surface area contributed by atoms with E-state index in [4.69, 9.17) is 9.26 Å². The Kier molecular flexibility index (Phi) is 7.67. The summed E-state index contributed by atoms with van der Waals surface area (Å²) in [6.07, 6.45) is -0.444. The zero-order chi connectivity index (χ0) is 30.1. The van der Waals surface area contributed by atoms with Gasteiger partial charge < -0.3 is 19.9 Å². The molecule has 3 aromatic heterocycles. The van der Waals surface area contributed by atoms with Gasteiger partial charge in [-0.1, -0.05) is 17.3 Å². The molecule has 1 aliphatic carbocycles. The number of amides is 1. The Bertz CT molecular complexity index is 1610. The first-order valence-corrected chi connectivity index (χ1v) is 12.8. The SMILES string of the molecule is CC(=O)OCCn1ncc(Nc2ncc(-c3ccc(CC(=O)Nc4cc(C5(C(F)(F)F)CC5)on4)c(F)c3)cn2)c1C. The predicted molar refractivity (Wildman–Crippen MR) is 140 cm³/mol. The van der Waals surface area contributed by atoms with Crippen LogP contribution in [0.3, 0.4) is 0 Å². The molecule has 1 amide bonds. The van der Waals surface area contributed by atoms with E-state index in [1.165, 1.54) is 31.5 Å². The molecule has 0 spiro atoms. The number of carbonyl (C=O) groups excluding carboxylic acids is 2. The smallest absolute Gasteiger partial charge is 0.401 e. The molecule has 2 N–H and O–H groups in total. The third-order valence-electron chi connectivity index (χ3n) is 6.89. The number of esters is 1. The maximum Gasteiger partial charge on any atom is 0.401 e. The van der Waals surface area contributed by atoms with Crippen molar-refractivity contribution in [1.82, 2.24) is 24.9 Å². The molecule has 0 aliphatic heterocycles. The van der Waals surface area contributed by atoms with Gasteiger partial charge in [-0.3, -0.25) is 14.3 Å². The Morgan fingerprint density at radius 1 is 1.12 bits per heavy atom. The van der Waals surface area contributed by atoms with Crippen molar-refractivity contribution in [3.05, 3.63) is 65.7 Å². The van der Waals surface area contributed by atoms with E-state index in [0.717, 1.165) is 11.8 Å². The van der Waals surface area contributed by atoms with Crippen molar-refractivity contribution in [3.8, 4) is 11.1 Å². The molecule has 3 heterocycles. The largest absolute Gasteiger partial charge is 0.464 e. The predicted octanol–water partition coefficient (Wildman–Crippen LogP) is 4.86. The van der Waals surface area contributed by atoms with E-state index in [0.29, 0.717) is 23.4 Å². The second-order valence-electron chi connectivity index (χ2n) is 9.81. The number of alkyl halides is 3. The molecule has 1 aliphatic rings. The Morgan fingerprint density at radius 3 is 2.50 bits per heavy atom. The molecule has 11 nitrogen and oxygen atoms in total. The molecule has 0 unspecified atom stereocenters. The Labute approximate surface area is 236 Å². The molecular formula is C27H25F4N7O4. The van der Waals surface area contributed by atoms with Gasteiger partial charge in [0.1, 0.15) is 17.8 Å². The normalized spacial score (nSPS) is 14.0. The lowest BCUT2D eigenvalue weighted by Gasteiger charge is -2.14. The van der Waals surface area contributed by atoms with Crippen molar-refractivity contribution in [2.24, 2.45) is 0 Å². The lowest BCUT2D eigenvalue weighted by molar-refractivity contribution is -0.165. The van der Waals surface area contributed by atoms with Gasteiger partial charge in [-0.2, -0.15) is 18.3 Å². The van der Waals surface area contributed by atoms with Crippen molar-refractivity contribution < 1.29 is 36.4 Å². The van der Waals surface area contributed by atoms with Crippen molar-refractivity contribution in [2.75, 3.05) is 17.2 Å². The molecule has 0 bridgehead atoms. The van der Waals surface area contributed by atoms with Gasteiger partial charge in [0.2, 0.25) is 11.9 Å². The van der Waals surface area contributed by atoms with Gasteiger partial charge in [0, 0.05) is 30.9 Å². The topological polar surface area (TPSA) is 137 Å². The molecule has 0 saturated heterocycles. The summed E-state index contributed by atoms with van der Waals surface area (Å²) >= 11 is 0. The first kappa shape index (κ1) is 28.7. The molecule has 15 heteroatoms. The second-order valence-corrected chi connectivity index (χ2v) is 9.81. The number of rotatable bonds is 10. The minimum Gasteiger partial charge on any atom is -0.464 e. The fourth-order valence-electron chi connectivity index (χ4n) is 4.32. The summed E-state index contributed by atoms with van der Waals surface area (Å²) in [7, 11) is 0. The van der Waals surface area contributed by atoms with Gasteiger partial charge in [0.15, 0.2) is 11.6 Å². The van der Waals surface area contributed by atoms with Gasteiger partial charge in [-0.25, -0.2) is 14.4 Å². The number of carbonyl (C=O) groups is 2. The number of nitrogens with one attached hydrogen (secondary N) is 2. The summed E-state index contributed by atoms with van der Waals surface area (Å²) in [6, 6.07) is 5.32. The van der Waals surface area contributed by atoms with Crippen LogP contribution in [0.15, 0.2) is 47.4 Å². The molecule has 220 valence electrons. The van der Waals surface area contributed by atoms with E-state index in [2.05, 4.69) is 30.9 Å². The molecular weight excluding hydrogens is 562 g/mol. The highest BCUT2D eigenvalue weighted by atomic mass is 19.4. The van der Waals surface area contributed by atoms with Crippen LogP contribution in [0.5, 0.6) is 0 Å². The van der Waals surface area contributed by atoms with Gasteiger partial charge in [-0.05, 0) is 37.0 Å². The Balaban J connectivity index is 1.18. The average molecular weight is 588 g/mol. The second kappa shape index (κ2) is 11.2. The molecule has 1 saturated carbocycles. The summed E-state index contributed by atoms with van der Waals surface area (Å²) in [5.41, 5.74) is 0.466. The number of benzene rings is 1. The molecule has 1 aromatic carbocycles. The third-order valence-corrected chi connectivity index (χ3v) is 6.89. The lowest BCUT2D eigenvalue weighted by atomic mass is 10.0. The van der Waals surface area contributed by atoms with Gasteiger partial charge >= 0.3 is 12.1 Å². The van der Waals surface area contributed by atoms with Crippen LogP contribution >= 0.6 is 0 Å². The highest BCUT2D eigenvalue weighted by Gasteiger charge is 2.66. The quantitative estimate of drug-likeness (QED) is 0.197. The van der Waals surface area contributed by atoms with Crippen molar-refractivity contribution in [2.45, 2.75) is 51.2 Å². The zero-order valence-corrected chi connectivity index (χ0v) is 22.5. The average Bonchev–Trinajstić information content (AvgIpc) is 3.53. The summed E-state index contributed by atoms with van der Waals surface area (Å²) in [5.74, 6) is -1.93. The summed E-state index contributed by atoms with van der Waals surface area (Å²) in [6.45, 7) is 3.75. The summed E-state index contributed by atoms with van der Waals surface area (Å²) < 4.78 is 66.1. The van der Waals surface area contributed by atoms with Crippen molar-refractivity contribution >= 4 is 29.3 Å². The number of anilines is 3. The fourth-order valence-corrected chi connectivity index (χ4v) is 4.32. The van der Waals surface area contributed by atoms with E-state index in [9.17, 15) is 27.2 Å². The van der Waals surface area contributed by atoms with Crippen LogP contribution < -0.4 is 10.6 Å².